The van der Waals surface area contributed by atoms with E-state index in [-0.39, 0.29) is 5.41 Å². The molecule has 4 rings (SSSR count). The molecule has 2 N–H and O–H groups in total. The van der Waals surface area contributed by atoms with Gasteiger partial charge in [-0.1, -0.05) is 42.8 Å². The summed E-state index contributed by atoms with van der Waals surface area (Å²) in [6.07, 6.45) is 7.64. The lowest BCUT2D eigenvalue weighted by atomic mass is 9.68. The Bertz CT molecular complexity index is 579. The molecule has 5 heteroatoms. The highest BCUT2D eigenvalue weighted by molar-refractivity contribution is 5.76. The molecule has 1 heterocycles. The molecule has 5 nitrogen and oxygen atoms in total. The van der Waals surface area contributed by atoms with Crippen molar-refractivity contribution < 1.29 is 14.6 Å². The highest BCUT2D eigenvalue weighted by Crippen LogP contribution is 2.43. The van der Waals surface area contributed by atoms with Gasteiger partial charge in [0.1, 0.15) is 0 Å². The molecular weight excluding hydrogens is 364 g/mol. The van der Waals surface area contributed by atoms with Gasteiger partial charge in [0.2, 0.25) is 0 Å². The molecule has 3 fully saturated rings. The average Bonchev–Trinajstić information content (AvgIpc) is 3.55. The van der Waals surface area contributed by atoms with Crippen molar-refractivity contribution in [1.29, 1.82) is 0 Å². The second-order valence-corrected chi connectivity index (χ2v) is 9.16. The molecule has 29 heavy (non-hydrogen) atoms. The number of nitrogens with one attached hydrogen (secondary N) is 1. The lowest BCUT2D eigenvalue weighted by molar-refractivity contribution is -0.157. The largest absolute Gasteiger partial charge is 0.481 e. The quantitative estimate of drug-likeness (QED) is 0.658. The monoisotopic (exact) mass is 402 g/mol. The first kappa shape index (κ1) is 22.3. The van der Waals surface area contributed by atoms with Crippen LogP contribution in [0.4, 0.5) is 0 Å². The summed E-state index contributed by atoms with van der Waals surface area (Å²) in [7, 11) is 0. The van der Waals surface area contributed by atoms with Crippen molar-refractivity contribution in [2.75, 3.05) is 39.4 Å². The highest BCUT2D eigenvalue weighted by Gasteiger charge is 2.46. The summed E-state index contributed by atoms with van der Waals surface area (Å²) >= 11 is 0. The second kappa shape index (κ2) is 10.6. The van der Waals surface area contributed by atoms with E-state index in [4.69, 9.17) is 4.74 Å². The molecule has 1 saturated heterocycles. The molecule has 3 aliphatic rings. The molecule has 0 spiro atoms. The predicted molar refractivity (Wildman–Crippen MR) is 116 cm³/mol. The van der Waals surface area contributed by atoms with Gasteiger partial charge >= 0.3 is 5.97 Å². The van der Waals surface area contributed by atoms with Crippen molar-refractivity contribution in [3.05, 3.63) is 36.4 Å². The summed E-state index contributed by atoms with van der Waals surface area (Å²) in [6.45, 7) is 7.48. The van der Waals surface area contributed by atoms with Crippen LogP contribution in [0.15, 0.2) is 36.4 Å². The van der Waals surface area contributed by atoms with E-state index in [0.717, 1.165) is 77.5 Å². The topological polar surface area (TPSA) is 61.8 Å². The molecule has 1 aromatic carbocycles. The predicted octanol–water partition coefficient (Wildman–Crippen LogP) is 3.80. The van der Waals surface area contributed by atoms with Gasteiger partial charge in [0.25, 0.3) is 0 Å². The fraction of sp³-hybridized carbons (Fsp3) is 0.708. The first-order valence-electron chi connectivity index (χ1n) is 11.3. The number of aliphatic carboxylic acids is 1. The molecule has 0 unspecified atom stereocenters. The molecule has 162 valence electrons. The third-order valence-electron chi connectivity index (χ3n) is 6.83. The minimum absolute atomic E-state index is 0.241. The number of piperidine rings is 1. The molecule has 0 bridgehead atoms. The van der Waals surface area contributed by atoms with Crippen LogP contribution in [0.1, 0.15) is 51.9 Å². The summed E-state index contributed by atoms with van der Waals surface area (Å²) in [5, 5.41) is 13.2. The van der Waals surface area contributed by atoms with Crippen LogP contribution in [0.2, 0.25) is 0 Å². The Morgan fingerprint density at radius 1 is 1.07 bits per heavy atom. The summed E-state index contributed by atoms with van der Waals surface area (Å²) in [4.78, 5) is 14.0. The number of carboxylic acid groups (broad SMARTS) is 1. The van der Waals surface area contributed by atoms with Crippen LogP contribution >= 0.6 is 0 Å². The molecule has 0 aromatic heterocycles. The fourth-order valence-corrected chi connectivity index (χ4v) is 4.38. The van der Waals surface area contributed by atoms with Gasteiger partial charge < -0.3 is 20.1 Å². The zero-order chi connectivity index (χ0) is 20.6. The third kappa shape index (κ3) is 6.53. The molecule has 2 aliphatic carbocycles. The van der Waals surface area contributed by atoms with Crippen molar-refractivity contribution in [1.82, 2.24) is 10.2 Å². The molecule has 0 amide bonds. The Balaban J connectivity index is 0.000000343. The van der Waals surface area contributed by atoms with Crippen molar-refractivity contribution in [2.45, 2.75) is 57.9 Å². The second-order valence-electron chi connectivity index (χ2n) is 9.16. The maximum absolute atomic E-state index is 11.6. The summed E-state index contributed by atoms with van der Waals surface area (Å²) < 4.78 is 5.78. The van der Waals surface area contributed by atoms with E-state index in [1.165, 1.54) is 12.8 Å². The van der Waals surface area contributed by atoms with Crippen LogP contribution < -0.4 is 5.32 Å². The first-order valence-corrected chi connectivity index (χ1v) is 11.3. The fourth-order valence-electron chi connectivity index (χ4n) is 4.38. The Labute approximate surface area is 175 Å². The number of ether oxygens (including phenoxy) is 1. The van der Waals surface area contributed by atoms with Crippen molar-refractivity contribution in [3.63, 3.8) is 0 Å². The number of rotatable bonds is 9. The van der Waals surface area contributed by atoms with Gasteiger partial charge in [0.15, 0.2) is 0 Å². The third-order valence-corrected chi connectivity index (χ3v) is 6.83. The SMILES string of the molecule is CCOCC1(CNC2CC2)CCN(CC2(C(=O)O)CCC2)CC1.c1ccccc1. The van der Waals surface area contributed by atoms with Gasteiger partial charge in [-0.3, -0.25) is 4.79 Å². The van der Waals surface area contributed by atoms with Gasteiger partial charge in [-0.25, -0.2) is 0 Å². The van der Waals surface area contributed by atoms with E-state index in [0.29, 0.717) is 0 Å². The minimum Gasteiger partial charge on any atom is -0.481 e. The number of hydrogen-bond donors (Lipinski definition) is 2. The van der Waals surface area contributed by atoms with E-state index in [9.17, 15) is 9.90 Å². The van der Waals surface area contributed by atoms with Crippen molar-refractivity contribution >= 4 is 5.97 Å². The number of carbonyl (C=O) groups is 1. The Morgan fingerprint density at radius 3 is 2.07 bits per heavy atom. The summed E-state index contributed by atoms with van der Waals surface area (Å²) in [6, 6.07) is 12.7. The van der Waals surface area contributed by atoms with Gasteiger partial charge in [-0.2, -0.15) is 0 Å². The lowest BCUT2D eigenvalue weighted by Crippen LogP contribution is -2.53. The van der Waals surface area contributed by atoms with E-state index >= 15 is 0 Å². The average molecular weight is 403 g/mol. The highest BCUT2D eigenvalue weighted by atomic mass is 16.5. The number of carboxylic acids is 1. The molecule has 0 atom stereocenters. The van der Waals surface area contributed by atoms with Crippen LogP contribution in [-0.4, -0.2) is 61.4 Å². The standard InChI is InChI=1S/C18H32N2O3.C6H6/c1-2-23-14-17(12-19-15-4-5-15)8-10-20(11-9-17)13-18(16(21)22)6-3-7-18;1-2-4-6-5-3-1/h15,19H,2-14H2,1H3,(H,21,22);1-6H. The van der Waals surface area contributed by atoms with Crippen LogP contribution in [0.25, 0.3) is 0 Å². The normalized spacial score (nSPS) is 22.8. The maximum atomic E-state index is 11.6. The zero-order valence-electron chi connectivity index (χ0n) is 17.9. The van der Waals surface area contributed by atoms with E-state index < -0.39 is 11.4 Å². The van der Waals surface area contributed by atoms with Crippen LogP contribution in [-0.2, 0) is 9.53 Å². The van der Waals surface area contributed by atoms with Gasteiger partial charge in [0, 0.05) is 31.2 Å². The molecule has 2 saturated carbocycles. The van der Waals surface area contributed by atoms with E-state index in [2.05, 4.69) is 17.1 Å². The Kier molecular flexibility index (Phi) is 8.10. The minimum atomic E-state index is -0.592. The van der Waals surface area contributed by atoms with Crippen molar-refractivity contribution in [2.24, 2.45) is 10.8 Å². The van der Waals surface area contributed by atoms with Crippen LogP contribution in [0, 0.1) is 10.8 Å². The van der Waals surface area contributed by atoms with Gasteiger partial charge in [0.05, 0.1) is 12.0 Å². The van der Waals surface area contributed by atoms with Gasteiger partial charge in [-0.05, 0) is 58.5 Å². The molecular formula is C24H38N2O3. The summed E-state index contributed by atoms with van der Waals surface area (Å²) in [5.41, 5.74) is -0.211. The first-order chi connectivity index (χ1) is 14.1. The van der Waals surface area contributed by atoms with Crippen LogP contribution in [0.3, 0.4) is 0 Å². The van der Waals surface area contributed by atoms with Gasteiger partial charge in [-0.15, -0.1) is 0 Å². The van der Waals surface area contributed by atoms with Crippen LogP contribution in [0.5, 0.6) is 0 Å². The molecule has 0 radical (unpaired) electrons. The maximum Gasteiger partial charge on any atom is 0.310 e. The number of hydrogen-bond acceptors (Lipinski definition) is 4. The Hall–Kier alpha value is -1.43. The lowest BCUT2D eigenvalue weighted by Gasteiger charge is -2.46. The number of likely N-dealkylation sites (tertiary alicyclic amines) is 1. The van der Waals surface area contributed by atoms with E-state index in [1.54, 1.807) is 0 Å². The Morgan fingerprint density at radius 2 is 1.66 bits per heavy atom. The van der Waals surface area contributed by atoms with E-state index in [1.807, 2.05) is 36.4 Å². The zero-order valence-corrected chi connectivity index (χ0v) is 17.9. The number of nitrogens with zero attached hydrogens (tertiary/aromatic N) is 1. The smallest absolute Gasteiger partial charge is 0.310 e. The molecule has 1 aliphatic heterocycles. The van der Waals surface area contributed by atoms with Crippen molar-refractivity contribution in [3.8, 4) is 0 Å². The molecule has 1 aromatic rings. The number of benzene rings is 1. The summed E-state index contributed by atoms with van der Waals surface area (Å²) in [5.74, 6) is -0.592.